The molecule has 0 aromatic rings. The van der Waals surface area contributed by atoms with E-state index in [1.807, 2.05) is 12.2 Å². The van der Waals surface area contributed by atoms with Gasteiger partial charge in [-0.3, -0.25) is 0 Å². The molecule has 0 aromatic heterocycles. The van der Waals surface area contributed by atoms with E-state index in [-0.39, 0.29) is 5.38 Å². The Hall–Kier alpha value is 0.980. The van der Waals surface area contributed by atoms with E-state index in [1.54, 1.807) is 0 Å². The molecule has 0 amide bonds. The van der Waals surface area contributed by atoms with Crippen LogP contribution in [0.15, 0.2) is 21.8 Å². The maximum atomic E-state index is 5.88. The molecule has 1 rings (SSSR count). The summed E-state index contributed by atoms with van der Waals surface area (Å²) in [6.45, 7) is 0. The molecule has 0 heterocycles. The number of allylic oxidation sites excluding steroid dienone is 4. The average Bonchev–Trinajstić information content (AvgIpc) is 1.83. The third-order valence-electron chi connectivity index (χ3n) is 1.09. The number of rotatable bonds is 0. The first kappa shape index (κ1) is 8.08. The molecular formula is C6H5BrClI. The number of hydrogen-bond donors (Lipinski definition) is 0. The maximum absolute atomic E-state index is 5.88. The van der Waals surface area contributed by atoms with E-state index in [1.165, 1.54) is 3.58 Å². The van der Waals surface area contributed by atoms with Crippen molar-refractivity contribution < 1.29 is 0 Å². The van der Waals surface area contributed by atoms with Crippen molar-refractivity contribution in [2.24, 2.45) is 0 Å². The second-order valence-electron chi connectivity index (χ2n) is 1.78. The average molecular weight is 319 g/mol. The third-order valence-corrected chi connectivity index (χ3v) is 4.74. The Kier molecular flexibility index (Phi) is 3.05. The fraction of sp³-hybridized carbons (Fsp3) is 0.333. The molecular weight excluding hydrogens is 314 g/mol. The Morgan fingerprint density at radius 1 is 1.67 bits per heavy atom. The largest absolute Gasteiger partial charge is 0.117 e. The molecule has 2 atom stereocenters. The van der Waals surface area contributed by atoms with Gasteiger partial charge in [0.1, 0.15) is 0 Å². The summed E-state index contributed by atoms with van der Waals surface area (Å²) < 4.78 is 1.26. The summed E-state index contributed by atoms with van der Waals surface area (Å²) in [5.41, 5.74) is 0. The lowest BCUT2D eigenvalue weighted by atomic mass is 10.2. The molecule has 0 saturated heterocycles. The Bertz CT molecular complexity index is 164. The number of alkyl halides is 2. The summed E-state index contributed by atoms with van der Waals surface area (Å²) in [5, 5.41) is 0.113. The SMILES string of the molecule is ClC1C=CC=C(I)C1Br. The quantitative estimate of drug-likeness (QED) is 0.475. The lowest BCUT2D eigenvalue weighted by molar-refractivity contribution is 1.08. The van der Waals surface area contributed by atoms with Gasteiger partial charge < -0.3 is 0 Å². The molecule has 0 fully saturated rings. The summed E-state index contributed by atoms with van der Waals surface area (Å²) in [6.07, 6.45) is 6.01. The van der Waals surface area contributed by atoms with E-state index in [0.717, 1.165) is 0 Å². The maximum Gasteiger partial charge on any atom is 0.0689 e. The van der Waals surface area contributed by atoms with Crippen molar-refractivity contribution in [3.05, 3.63) is 21.8 Å². The molecule has 2 unspecified atom stereocenters. The van der Waals surface area contributed by atoms with Crippen molar-refractivity contribution in [3.8, 4) is 0 Å². The summed E-state index contributed by atoms with van der Waals surface area (Å²) in [5.74, 6) is 0. The van der Waals surface area contributed by atoms with Gasteiger partial charge in [-0.25, -0.2) is 0 Å². The van der Waals surface area contributed by atoms with Crippen molar-refractivity contribution in [1.82, 2.24) is 0 Å². The van der Waals surface area contributed by atoms with Crippen LogP contribution in [0.2, 0.25) is 0 Å². The third kappa shape index (κ3) is 1.95. The highest BCUT2D eigenvalue weighted by atomic mass is 127. The predicted octanol–water partition coefficient (Wildman–Crippen LogP) is 3.25. The van der Waals surface area contributed by atoms with E-state index in [0.29, 0.717) is 4.83 Å². The topological polar surface area (TPSA) is 0 Å². The van der Waals surface area contributed by atoms with Crippen molar-refractivity contribution in [2.75, 3.05) is 0 Å². The molecule has 0 spiro atoms. The van der Waals surface area contributed by atoms with Gasteiger partial charge in [0.05, 0.1) is 10.2 Å². The van der Waals surface area contributed by atoms with Crippen molar-refractivity contribution in [3.63, 3.8) is 0 Å². The van der Waals surface area contributed by atoms with Gasteiger partial charge in [-0.05, 0) is 22.6 Å². The van der Waals surface area contributed by atoms with Crippen LogP contribution in [0.3, 0.4) is 0 Å². The standard InChI is InChI=1S/C6H5BrClI/c7-6-4(8)2-1-3-5(6)9/h1-4,6H. The lowest BCUT2D eigenvalue weighted by Gasteiger charge is -2.14. The van der Waals surface area contributed by atoms with Gasteiger partial charge in [0.25, 0.3) is 0 Å². The highest BCUT2D eigenvalue weighted by molar-refractivity contribution is 14.1. The van der Waals surface area contributed by atoms with Crippen LogP contribution in [-0.4, -0.2) is 10.2 Å². The summed E-state index contributed by atoms with van der Waals surface area (Å²) >= 11 is 11.6. The highest BCUT2D eigenvalue weighted by Crippen LogP contribution is 2.29. The van der Waals surface area contributed by atoms with E-state index in [4.69, 9.17) is 11.6 Å². The zero-order valence-electron chi connectivity index (χ0n) is 4.52. The smallest absolute Gasteiger partial charge is 0.0689 e. The van der Waals surface area contributed by atoms with Gasteiger partial charge in [0, 0.05) is 3.58 Å². The zero-order valence-corrected chi connectivity index (χ0v) is 9.02. The minimum Gasteiger partial charge on any atom is -0.117 e. The van der Waals surface area contributed by atoms with Crippen LogP contribution in [0.1, 0.15) is 0 Å². The summed E-state index contributed by atoms with van der Waals surface area (Å²) in [4.78, 5) is 0.310. The summed E-state index contributed by atoms with van der Waals surface area (Å²) in [7, 11) is 0. The van der Waals surface area contributed by atoms with Gasteiger partial charge in [-0.2, -0.15) is 0 Å². The van der Waals surface area contributed by atoms with Crippen LogP contribution >= 0.6 is 50.1 Å². The molecule has 0 saturated carbocycles. The van der Waals surface area contributed by atoms with Crippen LogP contribution in [0.5, 0.6) is 0 Å². The molecule has 0 bridgehead atoms. The lowest BCUT2D eigenvalue weighted by Crippen LogP contribution is -2.13. The molecule has 1 aliphatic carbocycles. The molecule has 0 N–H and O–H groups in total. The molecule has 0 nitrogen and oxygen atoms in total. The Balaban J connectivity index is 2.73. The molecule has 9 heavy (non-hydrogen) atoms. The van der Waals surface area contributed by atoms with Crippen LogP contribution in [0, 0.1) is 0 Å². The fourth-order valence-electron chi connectivity index (χ4n) is 0.595. The van der Waals surface area contributed by atoms with Crippen molar-refractivity contribution in [2.45, 2.75) is 10.2 Å². The molecule has 0 aromatic carbocycles. The van der Waals surface area contributed by atoms with Crippen LogP contribution < -0.4 is 0 Å². The van der Waals surface area contributed by atoms with Crippen LogP contribution in [0.4, 0.5) is 0 Å². The predicted molar refractivity (Wildman–Crippen MR) is 53.6 cm³/mol. The first-order valence-electron chi connectivity index (χ1n) is 2.54. The van der Waals surface area contributed by atoms with Gasteiger partial charge in [0.2, 0.25) is 0 Å². The first-order chi connectivity index (χ1) is 4.22. The summed E-state index contributed by atoms with van der Waals surface area (Å²) in [6, 6.07) is 0. The van der Waals surface area contributed by atoms with Gasteiger partial charge >= 0.3 is 0 Å². The van der Waals surface area contributed by atoms with E-state index in [9.17, 15) is 0 Å². The molecule has 0 radical (unpaired) electrons. The van der Waals surface area contributed by atoms with Gasteiger partial charge in [0.15, 0.2) is 0 Å². The minimum atomic E-state index is 0.113. The first-order valence-corrected chi connectivity index (χ1v) is 4.97. The molecule has 3 heteroatoms. The molecule has 50 valence electrons. The Morgan fingerprint density at radius 3 is 2.78 bits per heavy atom. The Morgan fingerprint density at radius 2 is 2.33 bits per heavy atom. The monoisotopic (exact) mass is 318 g/mol. The fourth-order valence-corrected chi connectivity index (χ4v) is 1.95. The second kappa shape index (κ2) is 3.39. The van der Waals surface area contributed by atoms with E-state index < -0.39 is 0 Å². The molecule has 1 aliphatic rings. The minimum absolute atomic E-state index is 0.113. The number of halogens is 3. The zero-order chi connectivity index (χ0) is 6.85. The number of hydrogen-bond acceptors (Lipinski definition) is 0. The van der Waals surface area contributed by atoms with Crippen LogP contribution in [-0.2, 0) is 0 Å². The van der Waals surface area contributed by atoms with E-state index in [2.05, 4.69) is 44.6 Å². The van der Waals surface area contributed by atoms with Crippen molar-refractivity contribution in [1.29, 1.82) is 0 Å². The second-order valence-corrected chi connectivity index (χ2v) is 4.52. The van der Waals surface area contributed by atoms with Crippen molar-refractivity contribution >= 4 is 50.1 Å². The van der Waals surface area contributed by atoms with Gasteiger partial charge in [-0.1, -0.05) is 34.2 Å². The van der Waals surface area contributed by atoms with Gasteiger partial charge in [-0.15, -0.1) is 11.6 Å². The Labute approximate surface area is 81.6 Å². The molecule has 0 aliphatic heterocycles. The highest BCUT2D eigenvalue weighted by Gasteiger charge is 2.17. The van der Waals surface area contributed by atoms with E-state index >= 15 is 0 Å². The van der Waals surface area contributed by atoms with Crippen LogP contribution in [0.25, 0.3) is 0 Å². The normalized spacial score (nSPS) is 34.3.